The zero-order chi connectivity index (χ0) is 17.3. The lowest BCUT2D eigenvalue weighted by Gasteiger charge is -2.02. The number of hydrogen-bond acceptors (Lipinski definition) is 7. The number of nitrogens with zero attached hydrogens (tertiary/aromatic N) is 3. The van der Waals surface area contributed by atoms with Crippen molar-refractivity contribution in [3.63, 3.8) is 0 Å². The van der Waals surface area contributed by atoms with Crippen molar-refractivity contribution in [2.75, 3.05) is 5.32 Å². The minimum atomic E-state index is -0.603. The maximum absolute atomic E-state index is 12.2. The summed E-state index contributed by atoms with van der Waals surface area (Å²) in [7, 11) is 0. The van der Waals surface area contributed by atoms with Gasteiger partial charge in [0.15, 0.2) is 10.4 Å². The van der Waals surface area contributed by atoms with Gasteiger partial charge in [0.1, 0.15) is 0 Å². The van der Waals surface area contributed by atoms with Crippen molar-refractivity contribution < 1.29 is 18.6 Å². The van der Waals surface area contributed by atoms with Crippen LogP contribution in [0.4, 0.5) is 11.7 Å². The summed E-state index contributed by atoms with van der Waals surface area (Å²) < 4.78 is 11.0. The van der Waals surface area contributed by atoms with Gasteiger partial charge in [-0.3, -0.25) is 20.2 Å². The van der Waals surface area contributed by atoms with Crippen LogP contribution >= 0.6 is 15.9 Å². The smallest absolute Gasteiger partial charge is 0.322 e. The molecule has 0 saturated carbocycles. The monoisotopic (exact) mass is 392 g/mol. The zero-order valence-electron chi connectivity index (χ0n) is 12.1. The van der Waals surface area contributed by atoms with E-state index in [1.807, 2.05) is 0 Å². The fourth-order valence-electron chi connectivity index (χ4n) is 1.92. The summed E-state index contributed by atoms with van der Waals surface area (Å²) in [5, 5.41) is 20.8. The molecule has 2 heterocycles. The molecule has 3 aromatic rings. The molecule has 24 heavy (non-hydrogen) atoms. The number of aryl methyl sites for hydroxylation is 1. The van der Waals surface area contributed by atoms with Gasteiger partial charge in [0.25, 0.3) is 17.5 Å². The number of hydrogen-bond donors (Lipinski definition) is 1. The number of aromatic nitrogens is 2. The molecule has 1 amide bonds. The van der Waals surface area contributed by atoms with Gasteiger partial charge in [-0.1, -0.05) is 11.2 Å². The van der Waals surface area contributed by atoms with Gasteiger partial charge in [-0.25, -0.2) is 0 Å². The highest BCUT2D eigenvalue weighted by molar-refractivity contribution is 9.10. The molecule has 1 aromatic carbocycles. The molecule has 3 rings (SSSR count). The topological polar surface area (TPSA) is 124 Å². The number of benzene rings is 1. The molecule has 9 nitrogen and oxygen atoms in total. The molecule has 1 N–H and O–H groups in total. The van der Waals surface area contributed by atoms with Gasteiger partial charge in [0.2, 0.25) is 0 Å². The third kappa shape index (κ3) is 3.18. The van der Waals surface area contributed by atoms with Crippen molar-refractivity contribution in [2.45, 2.75) is 6.92 Å². The Morgan fingerprint density at radius 2 is 2.04 bits per heavy atom. The van der Waals surface area contributed by atoms with Crippen LogP contribution in [0.25, 0.3) is 11.7 Å². The average molecular weight is 393 g/mol. The summed E-state index contributed by atoms with van der Waals surface area (Å²) >= 11 is 3.15. The van der Waals surface area contributed by atoms with Crippen molar-refractivity contribution in [2.24, 2.45) is 0 Å². The molecule has 10 heteroatoms. The third-order valence-corrected chi connectivity index (χ3v) is 3.52. The Kier molecular flexibility index (Phi) is 4.13. The fourth-order valence-corrected chi connectivity index (χ4v) is 2.23. The number of nitro groups is 1. The van der Waals surface area contributed by atoms with Crippen molar-refractivity contribution >= 4 is 33.5 Å². The first-order valence-corrected chi connectivity index (χ1v) is 7.39. The van der Waals surface area contributed by atoms with Gasteiger partial charge in [-0.15, -0.1) is 5.10 Å². The van der Waals surface area contributed by atoms with Crippen LogP contribution in [0.2, 0.25) is 0 Å². The van der Waals surface area contributed by atoms with Crippen molar-refractivity contribution in [3.8, 4) is 11.7 Å². The maximum atomic E-state index is 12.2. The fraction of sp³-hybridized carbons (Fsp3) is 0.0714. The molecule has 0 aliphatic rings. The standard InChI is InChI=1S/C14H9BrN4O5/c1-7-2-3-8(6-9(7)19(21)22)12(20)16-14-18-17-13(24-14)10-4-5-11(15)23-10/h2-6H,1H3,(H,16,18,20). The molecular formula is C14H9BrN4O5. The number of carbonyl (C=O) groups excluding carboxylic acids is 1. The minimum absolute atomic E-state index is 0.0888. The summed E-state index contributed by atoms with van der Waals surface area (Å²) in [6.45, 7) is 1.59. The summed E-state index contributed by atoms with van der Waals surface area (Å²) in [5.74, 6) is -0.180. The number of anilines is 1. The molecule has 0 spiro atoms. The highest BCUT2D eigenvalue weighted by Crippen LogP contribution is 2.25. The molecule has 0 aliphatic carbocycles. The number of rotatable bonds is 4. The Hall–Kier alpha value is -3.01. The second kappa shape index (κ2) is 6.24. The van der Waals surface area contributed by atoms with E-state index < -0.39 is 10.8 Å². The summed E-state index contributed by atoms with van der Waals surface area (Å²) in [5.41, 5.74) is 0.419. The maximum Gasteiger partial charge on any atom is 0.322 e. The first kappa shape index (κ1) is 15.9. The predicted molar refractivity (Wildman–Crippen MR) is 85.5 cm³/mol. The van der Waals surface area contributed by atoms with Gasteiger partial charge >= 0.3 is 6.01 Å². The van der Waals surface area contributed by atoms with Crippen LogP contribution in [0.5, 0.6) is 0 Å². The van der Waals surface area contributed by atoms with E-state index in [-0.39, 0.29) is 23.2 Å². The van der Waals surface area contributed by atoms with E-state index in [9.17, 15) is 14.9 Å². The number of nitro benzene ring substituents is 1. The second-order valence-corrected chi connectivity index (χ2v) is 5.51. The van der Waals surface area contributed by atoms with Crippen molar-refractivity contribution in [3.05, 3.63) is 56.2 Å². The predicted octanol–water partition coefficient (Wildman–Crippen LogP) is 3.56. The highest BCUT2D eigenvalue weighted by atomic mass is 79.9. The first-order valence-electron chi connectivity index (χ1n) is 6.59. The van der Waals surface area contributed by atoms with Gasteiger partial charge < -0.3 is 8.83 Å². The summed E-state index contributed by atoms with van der Waals surface area (Å²) in [6, 6.07) is 7.28. The van der Waals surface area contributed by atoms with Crippen LogP contribution in [0.1, 0.15) is 15.9 Å². The van der Waals surface area contributed by atoms with E-state index in [1.165, 1.54) is 18.2 Å². The molecule has 0 unspecified atom stereocenters. The van der Waals surface area contributed by atoms with E-state index in [0.717, 1.165) is 0 Å². The molecular weight excluding hydrogens is 384 g/mol. The van der Waals surface area contributed by atoms with Crippen LogP contribution in [0.15, 0.2) is 43.8 Å². The molecule has 0 bridgehead atoms. The Morgan fingerprint density at radius 3 is 2.71 bits per heavy atom. The van der Waals surface area contributed by atoms with Gasteiger partial charge in [0, 0.05) is 17.2 Å². The molecule has 2 aromatic heterocycles. The lowest BCUT2D eigenvalue weighted by Crippen LogP contribution is -2.12. The minimum Gasteiger partial charge on any atom is -0.444 e. The molecule has 0 atom stereocenters. The van der Waals surface area contributed by atoms with Crippen LogP contribution in [-0.4, -0.2) is 21.0 Å². The van der Waals surface area contributed by atoms with E-state index >= 15 is 0 Å². The van der Waals surface area contributed by atoms with Gasteiger partial charge in [-0.05, 0) is 41.1 Å². The summed E-state index contributed by atoms with van der Waals surface area (Å²) in [4.78, 5) is 22.5. The van der Waals surface area contributed by atoms with E-state index in [0.29, 0.717) is 16.0 Å². The van der Waals surface area contributed by atoms with Gasteiger partial charge in [-0.2, -0.15) is 0 Å². The second-order valence-electron chi connectivity index (χ2n) is 4.73. The number of halogens is 1. The average Bonchev–Trinajstić information content (AvgIpc) is 3.16. The quantitative estimate of drug-likeness (QED) is 0.531. The van der Waals surface area contributed by atoms with Crippen LogP contribution < -0.4 is 5.32 Å². The number of furan rings is 1. The summed E-state index contributed by atoms with van der Waals surface area (Å²) in [6.07, 6.45) is 0. The van der Waals surface area contributed by atoms with Gasteiger partial charge in [0.05, 0.1) is 4.92 Å². The number of amides is 1. The molecule has 0 aliphatic heterocycles. The lowest BCUT2D eigenvalue weighted by molar-refractivity contribution is -0.385. The van der Waals surface area contributed by atoms with Crippen LogP contribution in [0, 0.1) is 17.0 Å². The first-order chi connectivity index (χ1) is 11.4. The van der Waals surface area contributed by atoms with Crippen LogP contribution in [-0.2, 0) is 0 Å². The largest absolute Gasteiger partial charge is 0.444 e. The molecule has 122 valence electrons. The molecule has 0 fully saturated rings. The Morgan fingerprint density at radius 1 is 1.25 bits per heavy atom. The van der Waals surface area contributed by atoms with Crippen molar-refractivity contribution in [1.29, 1.82) is 0 Å². The molecule has 0 radical (unpaired) electrons. The van der Waals surface area contributed by atoms with E-state index in [2.05, 4.69) is 31.4 Å². The van der Waals surface area contributed by atoms with Crippen LogP contribution in [0.3, 0.4) is 0 Å². The van der Waals surface area contributed by atoms with Crippen molar-refractivity contribution in [1.82, 2.24) is 10.2 Å². The normalized spacial score (nSPS) is 10.6. The number of carbonyl (C=O) groups is 1. The Bertz CT molecular complexity index is 933. The lowest BCUT2D eigenvalue weighted by atomic mass is 10.1. The SMILES string of the molecule is Cc1ccc(C(=O)Nc2nnc(-c3ccc(Br)o3)o2)cc1[N+](=O)[O-]. The van der Waals surface area contributed by atoms with E-state index in [4.69, 9.17) is 8.83 Å². The van der Waals surface area contributed by atoms with E-state index in [1.54, 1.807) is 19.1 Å². The highest BCUT2D eigenvalue weighted by Gasteiger charge is 2.18. The number of nitrogens with one attached hydrogen (secondary N) is 1. The molecule has 0 saturated heterocycles. The zero-order valence-corrected chi connectivity index (χ0v) is 13.7. The Balaban J connectivity index is 1.79. The third-order valence-electron chi connectivity index (χ3n) is 3.10. The Labute approximate surface area is 143 Å².